The number of methoxy groups -OCH3 is 1. The summed E-state index contributed by atoms with van der Waals surface area (Å²) < 4.78 is 13.1. The molecule has 7 heteroatoms. The van der Waals surface area contributed by atoms with Gasteiger partial charge < -0.3 is 19.1 Å². The van der Waals surface area contributed by atoms with Gasteiger partial charge in [-0.05, 0) is 49.4 Å². The normalized spacial score (nSPS) is 12.0. The minimum Gasteiger partial charge on any atom is -0.493 e. The minimum absolute atomic E-state index is 0.0320. The molecule has 6 nitrogen and oxygen atoms in total. The molecule has 0 saturated heterocycles. The number of hydrogen-bond donors (Lipinski definition) is 1. The first-order chi connectivity index (χ1) is 15.5. The van der Waals surface area contributed by atoms with Gasteiger partial charge >= 0.3 is 0 Å². The summed E-state index contributed by atoms with van der Waals surface area (Å²) in [5.74, 6) is 1.52. The number of fused-ring (bicyclic) bond motifs is 1. The molecule has 4 aromatic rings. The van der Waals surface area contributed by atoms with Gasteiger partial charge in [0.2, 0.25) is 0 Å². The van der Waals surface area contributed by atoms with E-state index in [4.69, 9.17) is 26.1 Å². The van der Waals surface area contributed by atoms with Gasteiger partial charge in [-0.3, -0.25) is 4.79 Å². The Labute approximate surface area is 191 Å². The Morgan fingerprint density at radius 2 is 1.84 bits per heavy atom. The van der Waals surface area contributed by atoms with Crippen LogP contribution in [0.15, 0.2) is 66.7 Å². The molecule has 1 heterocycles. The highest BCUT2D eigenvalue weighted by Crippen LogP contribution is 2.31. The van der Waals surface area contributed by atoms with Crippen LogP contribution in [-0.4, -0.2) is 40.3 Å². The summed E-state index contributed by atoms with van der Waals surface area (Å²) in [6, 6.07) is 20.2. The summed E-state index contributed by atoms with van der Waals surface area (Å²) in [5, 5.41) is 11.4. The molecule has 1 N–H and O–H groups in total. The zero-order chi connectivity index (χ0) is 22.7. The van der Waals surface area contributed by atoms with Crippen LogP contribution in [0.4, 0.5) is 0 Å². The molecule has 1 aromatic heterocycles. The topological polar surface area (TPSA) is 73.6 Å². The number of benzene rings is 3. The van der Waals surface area contributed by atoms with Gasteiger partial charge in [-0.2, -0.15) is 0 Å². The third-order valence-electron chi connectivity index (χ3n) is 5.16. The number of carbonyl (C=O) groups is 1. The lowest BCUT2D eigenvalue weighted by Crippen LogP contribution is -2.24. The molecule has 0 spiro atoms. The van der Waals surface area contributed by atoms with E-state index in [9.17, 15) is 9.90 Å². The number of ketones is 1. The molecule has 0 aliphatic heterocycles. The van der Waals surface area contributed by atoms with Crippen molar-refractivity contribution in [2.24, 2.45) is 0 Å². The number of halogens is 1. The second kappa shape index (κ2) is 9.42. The maximum atomic E-state index is 11.6. The minimum atomic E-state index is -0.828. The van der Waals surface area contributed by atoms with E-state index in [1.54, 1.807) is 18.2 Å². The second-order valence-electron chi connectivity index (χ2n) is 7.40. The summed E-state index contributed by atoms with van der Waals surface area (Å²) in [5.41, 5.74) is 3.03. The number of carbonyl (C=O) groups excluding carboxylic acids is 1. The van der Waals surface area contributed by atoms with E-state index < -0.39 is 6.10 Å². The fourth-order valence-electron chi connectivity index (χ4n) is 3.56. The number of aromatic nitrogens is 2. The largest absolute Gasteiger partial charge is 0.493 e. The van der Waals surface area contributed by atoms with Gasteiger partial charge in [-0.15, -0.1) is 0 Å². The second-order valence-corrected chi connectivity index (χ2v) is 7.81. The van der Waals surface area contributed by atoms with Crippen molar-refractivity contribution in [3.8, 4) is 22.9 Å². The molecule has 0 aliphatic carbocycles. The summed E-state index contributed by atoms with van der Waals surface area (Å²) in [6.07, 6.45) is -0.828. The third-order valence-corrected chi connectivity index (χ3v) is 5.49. The number of ether oxygens (including phenoxy) is 2. The van der Waals surface area contributed by atoms with Crippen LogP contribution in [0.2, 0.25) is 5.02 Å². The number of para-hydroxylation sites is 2. The lowest BCUT2D eigenvalue weighted by molar-refractivity contribution is 0.0921. The first kappa shape index (κ1) is 21.9. The maximum Gasteiger partial charge on any atom is 0.161 e. The zero-order valence-electron chi connectivity index (χ0n) is 17.8. The lowest BCUT2D eigenvalue weighted by Gasteiger charge is -2.17. The number of aliphatic hydroxyl groups is 1. The zero-order valence-corrected chi connectivity index (χ0v) is 18.5. The molecule has 0 amide bonds. The van der Waals surface area contributed by atoms with Gasteiger partial charge in [0.25, 0.3) is 0 Å². The van der Waals surface area contributed by atoms with E-state index in [1.165, 1.54) is 14.0 Å². The van der Waals surface area contributed by atoms with Crippen LogP contribution in [0.1, 0.15) is 17.3 Å². The van der Waals surface area contributed by atoms with E-state index in [1.807, 2.05) is 53.1 Å². The fraction of sp³-hybridized carbons (Fsp3) is 0.200. The number of imidazole rings is 1. The van der Waals surface area contributed by atoms with Crippen LogP contribution in [0.5, 0.6) is 11.5 Å². The van der Waals surface area contributed by atoms with Gasteiger partial charge in [0.05, 0.1) is 29.7 Å². The molecule has 0 bridgehead atoms. The molecule has 164 valence electrons. The van der Waals surface area contributed by atoms with E-state index in [0.29, 0.717) is 27.9 Å². The number of aliphatic hydroxyl groups excluding tert-OH is 1. The van der Waals surface area contributed by atoms with Crippen molar-refractivity contribution in [1.29, 1.82) is 0 Å². The highest BCUT2D eigenvalue weighted by Gasteiger charge is 2.18. The van der Waals surface area contributed by atoms with Crippen LogP contribution < -0.4 is 9.47 Å². The summed E-state index contributed by atoms with van der Waals surface area (Å²) in [4.78, 5) is 16.3. The number of Topliss-reactive ketones (excluding diaryl/α,β-unsaturated/α-hetero) is 1. The van der Waals surface area contributed by atoms with Gasteiger partial charge in [-0.1, -0.05) is 35.9 Å². The van der Waals surface area contributed by atoms with Crippen molar-refractivity contribution in [2.45, 2.75) is 19.6 Å². The van der Waals surface area contributed by atoms with E-state index in [0.717, 1.165) is 16.6 Å². The summed E-state index contributed by atoms with van der Waals surface area (Å²) in [7, 11) is 1.51. The highest BCUT2D eigenvalue weighted by atomic mass is 35.5. The highest BCUT2D eigenvalue weighted by molar-refractivity contribution is 6.33. The molecule has 0 saturated carbocycles. The average molecular weight is 451 g/mol. The number of rotatable bonds is 8. The van der Waals surface area contributed by atoms with Crippen LogP contribution in [0.25, 0.3) is 22.4 Å². The van der Waals surface area contributed by atoms with Crippen molar-refractivity contribution < 1.29 is 19.4 Å². The van der Waals surface area contributed by atoms with Crippen molar-refractivity contribution in [3.05, 3.63) is 77.3 Å². The molecule has 0 fully saturated rings. The van der Waals surface area contributed by atoms with Gasteiger partial charge in [0, 0.05) is 11.1 Å². The number of nitrogens with zero attached hydrogens (tertiary/aromatic N) is 2. The standard InChI is InChI=1S/C25H23ClN2O4/c1-16(29)17-11-12-23(24(13-17)31-2)32-15-18(30)14-28-22-10-6-5-9-21(22)27-25(28)19-7-3-4-8-20(19)26/h3-13,18,30H,14-15H2,1-2H3. The number of hydrogen-bond acceptors (Lipinski definition) is 5. The predicted octanol–water partition coefficient (Wildman–Crippen LogP) is 5.01. The van der Waals surface area contributed by atoms with Gasteiger partial charge in [-0.25, -0.2) is 4.98 Å². The Morgan fingerprint density at radius 3 is 2.59 bits per heavy atom. The maximum absolute atomic E-state index is 11.6. The molecule has 3 aromatic carbocycles. The summed E-state index contributed by atoms with van der Waals surface area (Å²) in [6.45, 7) is 1.78. The van der Waals surface area contributed by atoms with E-state index in [2.05, 4.69) is 0 Å². The molecule has 0 radical (unpaired) electrons. The molecular formula is C25H23ClN2O4. The molecule has 0 aliphatic rings. The Hall–Kier alpha value is -3.35. The predicted molar refractivity (Wildman–Crippen MR) is 125 cm³/mol. The van der Waals surface area contributed by atoms with Crippen molar-refractivity contribution in [3.63, 3.8) is 0 Å². The van der Waals surface area contributed by atoms with E-state index in [-0.39, 0.29) is 18.9 Å². The SMILES string of the molecule is COc1cc(C(C)=O)ccc1OCC(O)Cn1c(-c2ccccc2Cl)nc2ccccc21. The fourth-order valence-corrected chi connectivity index (χ4v) is 3.78. The first-order valence-corrected chi connectivity index (χ1v) is 10.6. The smallest absolute Gasteiger partial charge is 0.161 e. The third kappa shape index (κ3) is 4.47. The van der Waals surface area contributed by atoms with Crippen LogP contribution in [-0.2, 0) is 6.54 Å². The quantitative estimate of drug-likeness (QED) is 0.382. The van der Waals surface area contributed by atoms with E-state index >= 15 is 0 Å². The molecule has 1 unspecified atom stereocenters. The van der Waals surface area contributed by atoms with Crippen molar-refractivity contribution in [2.75, 3.05) is 13.7 Å². The Bertz CT molecular complexity index is 1270. The molecule has 4 rings (SSSR count). The first-order valence-electron chi connectivity index (χ1n) is 10.2. The molecule has 32 heavy (non-hydrogen) atoms. The Morgan fingerprint density at radius 1 is 1.09 bits per heavy atom. The molecular weight excluding hydrogens is 428 g/mol. The lowest BCUT2D eigenvalue weighted by atomic mass is 10.1. The van der Waals surface area contributed by atoms with Crippen LogP contribution in [0, 0.1) is 0 Å². The summed E-state index contributed by atoms with van der Waals surface area (Å²) >= 11 is 6.43. The van der Waals surface area contributed by atoms with Crippen LogP contribution in [0.3, 0.4) is 0 Å². The van der Waals surface area contributed by atoms with Crippen molar-refractivity contribution in [1.82, 2.24) is 9.55 Å². The average Bonchev–Trinajstić information content (AvgIpc) is 3.15. The Balaban J connectivity index is 1.58. The van der Waals surface area contributed by atoms with Gasteiger partial charge in [0.15, 0.2) is 17.3 Å². The molecule has 1 atom stereocenters. The Kier molecular flexibility index (Phi) is 6.44. The van der Waals surface area contributed by atoms with Crippen molar-refractivity contribution >= 4 is 28.4 Å². The van der Waals surface area contributed by atoms with Crippen LogP contribution >= 0.6 is 11.6 Å². The monoisotopic (exact) mass is 450 g/mol. The van der Waals surface area contributed by atoms with Gasteiger partial charge in [0.1, 0.15) is 18.5 Å².